The summed E-state index contributed by atoms with van der Waals surface area (Å²) in [6, 6.07) is 27.8. The minimum atomic E-state index is -4.82. The maximum absolute atomic E-state index is 14.1. The number of halogens is 3. The molecule has 0 aliphatic heterocycles. The molecule has 0 aliphatic rings. The quantitative estimate of drug-likeness (QED) is 0.102. The molecule has 12 heteroatoms. The number of carbonyl (C=O) groups is 4. The molecule has 5 rings (SSSR count). The first kappa shape index (κ1) is 37.9. The fourth-order valence-corrected chi connectivity index (χ4v) is 5.53. The molecule has 0 bridgehead atoms. The van der Waals surface area contributed by atoms with E-state index in [1.165, 1.54) is 61.5 Å². The molecule has 0 saturated carbocycles. The van der Waals surface area contributed by atoms with Gasteiger partial charge in [0.15, 0.2) is 0 Å². The van der Waals surface area contributed by atoms with Crippen molar-refractivity contribution in [3.8, 4) is 16.9 Å². The Morgan fingerprint density at radius 1 is 0.830 bits per heavy atom. The van der Waals surface area contributed by atoms with E-state index in [0.29, 0.717) is 29.7 Å². The van der Waals surface area contributed by atoms with Gasteiger partial charge < -0.3 is 19.7 Å². The van der Waals surface area contributed by atoms with Gasteiger partial charge >= 0.3 is 18.1 Å². The highest BCUT2D eigenvalue weighted by Crippen LogP contribution is 2.37. The number of hydrogen-bond acceptors (Lipinski definition) is 7. The molecule has 1 N–H and O–H groups in total. The van der Waals surface area contributed by atoms with Gasteiger partial charge in [0, 0.05) is 26.2 Å². The zero-order chi connectivity index (χ0) is 38.1. The van der Waals surface area contributed by atoms with Gasteiger partial charge in [-0.05, 0) is 91.1 Å². The van der Waals surface area contributed by atoms with Gasteiger partial charge in [-0.3, -0.25) is 19.4 Å². The Bertz CT molecular complexity index is 2120. The number of rotatable bonds is 12. The minimum Gasteiger partial charge on any atom is -0.456 e. The van der Waals surface area contributed by atoms with Crippen molar-refractivity contribution >= 4 is 29.4 Å². The second kappa shape index (κ2) is 16.8. The zero-order valence-electron chi connectivity index (χ0n) is 29.2. The first-order valence-electron chi connectivity index (χ1n) is 16.6. The van der Waals surface area contributed by atoms with Crippen LogP contribution in [0.15, 0.2) is 109 Å². The Morgan fingerprint density at radius 2 is 1.55 bits per heavy atom. The molecule has 53 heavy (non-hydrogen) atoms. The number of pyridine rings is 1. The van der Waals surface area contributed by atoms with Crippen LogP contribution in [-0.4, -0.2) is 47.7 Å². The van der Waals surface area contributed by atoms with Crippen LogP contribution in [0.3, 0.4) is 0 Å². The Morgan fingerprint density at radius 3 is 2.23 bits per heavy atom. The predicted molar refractivity (Wildman–Crippen MR) is 192 cm³/mol. The number of ether oxygens (including phenoxy) is 2. The van der Waals surface area contributed by atoms with Crippen LogP contribution in [0, 0.1) is 6.92 Å². The number of benzene rings is 4. The number of anilines is 1. The molecule has 272 valence electrons. The highest BCUT2D eigenvalue weighted by atomic mass is 19.4. The van der Waals surface area contributed by atoms with Crippen LogP contribution in [0.5, 0.6) is 5.75 Å². The first-order valence-corrected chi connectivity index (χ1v) is 16.6. The molecule has 0 aliphatic carbocycles. The summed E-state index contributed by atoms with van der Waals surface area (Å²) in [7, 11) is 3.03. The molecule has 4 aromatic carbocycles. The largest absolute Gasteiger partial charge is 0.456 e. The van der Waals surface area contributed by atoms with Gasteiger partial charge in [-0.25, -0.2) is 4.79 Å². The summed E-state index contributed by atoms with van der Waals surface area (Å²) < 4.78 is 53.2. The van der Waals surface area contributed by atoms with Gasteiger partial charge in [-0.15, -0.1) is 0 Å². The van der Waals surface area contributed by atoms with Crippen molar-refractivity contribution in [3.05, 3.63) is 148 Å². The molecular formula is C41H36F3N3O6. The van der Waals surface area contributed by atoms with E-state index >= 15 is 0 Å². The molecule has 2 amide bonds. The van der Waals surface area contributed by atoms with Gasteiger partial charge in [0.25, 0.3) is 11.8 Å². The van der Waals surface area contributed by atoms with E-state index in [2.05, 4.69) is 10.3 Å². The maximum atomic E-state index is 14.1. The number of esters is 2. The molecule has 0 spiro atoms. The maximum Gasteiger partial charge on any atom is 0.417 e. The summed E-state index contributed by atoms with van der Waals surface area (Å²) in [5.41, 5.74) is 1.31. The Kier molecular flexibility index (Phi) is 12.0. The van der Waals surface area contributed by atoms with Crippen LogP contribution in [-0.2, 0) is 28.7 Å². The normalized spacial score (nSPS) is 11.1. The van der Waals surface area contributed by atoms with Crippen molar-refractivity contribution in [3.63, 3.8) is 0 Å². The fourth-order valence-electron chi connectivity index (χ4n) is 5.53. The number of nitrogens with zero attached hydrogens (tertiary/aromatic N) is 2. The van der Waals surface area contributed by atoms with E-state index < -0.39 is 41.1 Å². The lowest BCUT2D eigenvalue weighted by Gasteiger charge is -2.19. The highest BCUT2D eigenvalue weighted by Gasteiger charge is 2.37. The van der Waals surface area contributed by atoms with Crippen LogP contribution < -0.4 is 10.1 Å². The zero-order valence-corrected chi connectivity index (χ0v) is 29.2. The second-order valence-corrected chi connectivity index (χ2v) is 12.3. The topological polar surface area (TPSA) is 115 Å². The van der Waals surface area contributed by atoms with Crippen LogP contribution in [0.4, 0.5) is 18.9 Å². The number of amides is 2. The molecular weight excluding hydrogens is 687 g/mol. The van der Waals surface area contributed by atoms with Crippen LogP contribution >= 0.6 is 0 Å². The minimum absolute atomic E-state index is 0.0193. The molecule has 0 fully saturated rings. The number of alkyl halides is 3. The van der Waals surface area contributed by atoms with Crippen LogP contribution in [0.2, 0.25) is 0 Å². The van der Waals surface area contributed by atoms with Crippen molar-refractivity contribution in [1.82, 2.24) is 9.88 Å². The fraction of sp³-hybridized carbons (Fsp3) is 0.195. The summed E-state index contributed by atoms with van der Waals surface area (Å²) in [6.07, 6.45) is -4.09. The molecule has 0 unspecified atom stereocenters. The third kappa shape index (κ3) is 9.94. The number of aromatic nitrogens is 1. The monoisotopic (exact) mass is 723 g/mol. The lowest BCUT2D eigenvalue weighted by atomic mass is 9.94. The summed E-state index contributed by atoms with van der Waals surface area (Å²) in [5, 5.41) is 2.55. The predicted octanol–water partition coefficient (Wildman–Crippen LogP) is 8.32. The Hall–Kier alpha value is -6.30. The Labute approximate surface area is 304 Å². The highest BCUT2D eigenvalue weighted by molar-refractivity contribution is 6.12. The van der Waals surface area contributed by atoms with E-state index in [4.69, 9.17) is 9.47 Å². The van der Waals surface area contributed by atoms with E-state index in [9.17, 15) is 32.3 Å². The van der Waals surface area contributed by atoms with Crippen molar-refractivity contribution in [2.45, 2.75) is 39.0 Å². The molecule has 0 radical (unpaired) electrons. The molecule has 1 aromatic heterocycles. The average molecular weight is 724 g/mol. The van der Waals surface area contributed by atoms with Crippen LogP contribution in [0.1, 0.15) is 66.4 Å². The second-order valence-electron chi connectivity index (χ2n) is 12.3. The molecule has 0 saturated heterocycles. The third-order valence-electron chi connectivity index (χ3n) is 8.12. The standard InChI is InChI=1S/C41H36F3N3O6/c1-26-10-7-14-30(45-26)25-52-40(51)29-19-21-31(22-20-29)53-36(48)17-8-11-27-18-23-35(33(24-27)39(50)47(2)3)46-38(49)37-32(28-12-5-4-6-13-28)15-9-16-34(37)41(42,43)44/h4-7,9-10,12-16,18-24H,8,11,17,25H2,1-3H3,(H,46,49). The first-order chi connectivity index (χ1) is 25.3. The number of aryl methyl sites for hydroxylation is 2. The number of hydrogen-bond donors (Lipinski definition) is 1. The van der Waals surface area contributed by atoms with Gasteiger partial charge in [0.05, 0.1) is 33.6 Å². The molecule has 9 nitrogen and oxygen atoms in total. The van der Waals surface area contributed by atoms with Gasteiger partial charge in [0.1, 0.15) is 12.4 Å². The SMILES string of the molecule is Cc1cccc(COC(=O)c2ccc(OC(=O)CCCc3ccc(NC(=O)c4c(-c5ccccc5)cccc4C(F)(F)F)c(C(=O)N(C)C)c3)cc2)n1. The van der Waals surface area contributed by atoms with Crippen molar-refractivity contribution in [2.24, 2.45) is 0 Å². The smallest absolute Gasteiger partial charge is 0.417 e. The van der Waals surface area contributed by atoms with Gasteiger partial charge in [-0.2, -0.15) is 13.2 Å². The number of carbonyl (C=O) groups excluding carboxylic acids is 4. The summed E-state index contributed by atoms with van der Waals surface area (Å²) in [5.74, 6) is -2.32. The van der Waals surface area contributed by atoms with E-state index in [1.807, 2.05) is 19.1 Å². The van der Waals surface area contributed by atoms with Gasteiger partial charge in [-0.1, -0.05) is 54.6 Å². The average Bonchev–Trinajstić information content (AvgIpc) is 3.14. The third-order valence-corrected chi connectivity index (χ3v) is 8.12. The van der Waals surface area contributed by atoms with E-state index in [0.717, 1.165) is 11.8 Å². The lowest BCUT2D eigenvalue weighted by molar-refractivity contribution is -0.138. The van der Waals surface area contributed by atoms with E-state index in [1.54, 1.807) is 48.5 Å². The number of nitrogens with one attached hydrogen (secondary N) is 1. The summed E-state index contributed by atoms with van der Waals surface area (Å²) >= 11 is 0. The van der Waals surface area contributed by atoms with Gasteiger partial charge in [0.2, 0.25) is 0 Å². The van der Waals surface area contributed by atoms with Crippen LogP contribution in [0.25, 0.3) is 11.1 Å². The van der Waals surface area contributed by atoms with E-state index in [-0.39, 0.29) is 41.2 Å². The Balaban J connectivity index is 1.23. The van der Waals surface area contributed by atoms with Crippen molar-refractivity contribution in [2.75, 3.05) is 19.4 Å². The molecule has 0 atom stereocenters. The lowest BCUT2D eigenvalue weighted by Crippen LogP contribution is -2.25. The van der Waals surface area contributed by atoms with Crippen molar-refractivity contribution in [1.29, 1.82) is 0 Å². The molecule has 5 aromatic rings. The summed E-state index contributed by atoms with van der Waals surface area (Å²) in [4.78, 5) is 57.5. The van der Waals surface area contributed by atoms with Crippen molar-refractivity contribution < 1.29 is 41.8 Å². The molecule has 1 heterocycles. The summed E-state index contributed by atoms with van der Waals surface area (Å²) in [6.45, 7) is 1.86.